The topological polar surface area (TPSA) is 102 Å². The molecule has 0 aliphatic rings. The predicted octanol–water partition coefficient (Wildman–Crippen LogP) is 0.690. The summed E-state index contributed by atoms with van der Waals surface area (Å²) in [7, 11) is 2.62. The van der Waals surface area contributed by atoms with Crippen molar-refractivity contribution in [1.82, 2.24) is 0 Å². The Balaban J connectivity index is 3.56. The van der Waals surface area contributed by atoms with E-state index in [0.29, 0.717) is 0 Å². The normalized spacial score (nSPS) is 9.73. The molecule has 0 fully saturated rings. The summed E-state index contributed by atoms with van der Waals surface area (Å²) in [4.78, 5) is 10.9. The lowest BCUT2D eigenvalue weighted by molar-refractivity contribution is 0.0689. The van der Waals surface area contributed by atoms with E-state index in [9.17, 15) is 9.90 Å². The average Bonchev–Trinajstić information content (AvgIpc) is 2.20. The number of carboxylic acid groups (broad SMARTS) is 1. The maximum Gasteiger partial charge on any atom is 0.343 e. The summed E-state index contributed by atoms with van der Waals surface area (Å²) in [5.41, 5.74) is 4.92. The minimum absolute atomic E-state index is 0.0586. The molecule has 15 heavy (non-hydrogen) atoms. The largest absolute Gasteiger partial charge is 0.505 e. The Morgan fingerprint density at radius 1 is 1.40 bits per heavy atom. The van der Waals surface area contributed by atoms with E-state index in [1.54, 1.807) is 0 Å². The van der Waals surface area contributed by atoms with E-state index in [-0.39, 0.29) is 17.2 Å². The molecule has 0 aromatic heterocycles. The maximum atomic E-state index is 10.9. The zero-order valence-corrected chi connectivity index (χ0v) is 8.27. The summed E-state index contributed by atoms with van der Waals surface area (Å²) < 4.78 is 9.73. The number of nitrogen functional groups attached to an aromatic ring is 1. The molecular weight excluding hydrogens is 202 g/mol. The lowest BCUT2D eigenvalue weighted by atomic mass is 10.1. The molecule has 0 aliphatic heterocycles. The van der Waals surface area contributed by atoms with Crippen molar-refractivity contribution in [3.8, 4) is 17.2 Å². The Morgan fingerprint density at radius 3 is 2.40 bits per heavy atom. The molecule has 1 rings (SSSR count). The van der Waals surface area contributed by atoms with Gasteiger partial charge in [-0.15, -0.1) is 0 Å². The van der Waals surface area contributed by atoms with Crippen LogP contribution in [0, 0.1) is 0 Å². The number of anilines is 1. The van der Waals surface area contributed by atoms with Gasteiger partial charge in [-0.05, 0) is 0 Å². The molecule has 0 spiro atoms. The lowest BCUT2D eigenvalue weighted by Crippen LogP contribution is -2.05. The molecule has 6 heteroatoms. The molecule has 82 valence electrons. The van der Waals surface area contributed by atoms with Crippen LogP contribution in [0.4, 0.5) is 5.69 Å². The molecule has 0 bridgehead atoms. The van der Waals surface area contributed by atoms with E-state index in [2.05, 4.69) is 0 Å². The Hall–Kier alpha value is -2.11. The van der Waals surface area contributed by atoms with E-state index in [0.717, 1.165) is 0 Å². The first-order valence-electron chi connectivity index (χ1n) is 3.99. The van der Waals surface area contributed by atoms with E-state index in [4.69, 9.17) is 20.3 Å². The van der Waals surface area contributed by atoms with Crippen molar-refractivity contribution in [2.75, 3.05) is 20.0 Å². The van der Waals surface area contributed by atoms with Crippen LogP contribution in [0.25, 0.3) is 0 Å². The van der Waals surface area contributed by atoms with Crippen LogP contribution in [0.2, 0.25) is 0 Å². The van der Waals surface area contributed by atoms with Gasteiger partial charge in [0.2, 0.25) is 0 Å². The highest BCUT2D eigenvalue weighted by Crippen LogP contribution is 2.40. The smallest absolute Gasteiger partial charge is 0.343 e. The number of carbonyl (C=O) groups is 1. The number of rotatable bonds is 3. The van der Waals surface area contributed by atoms with Crippen molar-refractivity contribution in [3.63, 3.8) is 0 Å². The van der Waals surface area contributed by atoms with Crippen molar-refractivity contribution < 1.29 is 24.5 Å². The van der Waals surface area contributed by atoms with Gasteiger partial charge < -0.3 is 25.4 Å². The fourth-order valence-electron chi connectivity index (χ4n) is 1.20. The number of methoxy groups -OCH3 is 2. The quantitative estimate of drug-likeness (QED) is 0.504. The van der Waals surface area contributed by atoms with Crippen molar-refractivity contribution >= 4 is 11.7 Å². The summed E-state index contributed by atoms with van der Waals surface area (Å²) in [6.07, 6.45) is 0. The van der Waals surface area contributed by atoms with Gasteiger partial charge in [-0.25, -0.2) is 4.79 Å². The summed E-state index contributed by atoms with van der Waals surface area (Å²) in [6.45, 7) is 0. The Morgan fingerprint density at radius 2 is 2.00 bits per heavy atom. The Kier molecular flexibility index (Phi) is 2.89. The zero-order chi connectivity index (χ0) is 11.6. The highest BCUT2D eigenvalue weighted by atomic mass is 16.5. The number of aromatic hydroxyl groups is 1. The minimum Gasteiger partial charge on any atom is -0.505 e. The molecule has 0 atom stereocenters. The molecule has 4 N–H and O–H groups in total. The number of hydrogen-bond donors (Lipinski definition) is 3. The van der Waals surface area contributed by atoms with Crippen molar-refractivity contribution in [1.29, 1.82) is 0 Å². The van der Waals surface area contributed by atoms with Crippen molar-refractivity contribution in [2.45, 2.75) is 0 Å². The second-order valence-electron chi connectivity index (χ2n) is 2.73. The number of nitrogens with two attached hydrogens (primary N) is 1. The molecule has 0 heterocycles. The standard InChI is InChI=1S/C9H11NO5/c1-14-5-3-4(10)7(11)6(9(12)13)8(5)15-2/h3,11H,10H2,1-2H3,(H,12,13). The van der Waals surface area contributed by atoms with E-state index < -0.39 is 17.3 Å². The lowest BCUT2D eigenvalue weighted by Gasteiger charge is -2.13. The second kappa shape index (κ2) is 3.95. The average molecular weight is 213 g/mol. The molecule has 0 unspecified atom stereocenters. The number of aromatic carboxylic acids is 1. The molecule has 1 aromatic rings. The fraction of sp³-hybridized carbons (Fsp3) is 0.222. The summed E-state index contributed by atoms with van der Waals surface area (Å²) >= 11 is 0. The third-order valence-corrected chi connectivity index (χ3v) is 1.89. The highest BCUT2D eigenvalue weighted by Gasteiger charge is 2.23. The zero-order valence-electron chi connectivity index (χ0n) is 8.27. The SMILES string of the molecule is COc1cc(N)c(O)c(C(=O)O)c1OC. The fourth-order valence-corrected chi connectivity index (χ4v) is 1.20. The van der Waals surface area contributed by atoms with E-state index in [1.807, 2.05) is 0 Å². The molecule has 6 nitrogen and oxygen atoms in total. The van der Waals surface area contributed by atoms with Crippen LogP contribution in [0.3, 0.4) is 0 Å². The molecule has 0 saturated heterocycles. The van der Waals surface area contributed by atoms with Crippen LogP contribution in [0.1, 0.15) is 10.4 Å². The number of phenols is 1. The molecule has 0 radical (unpaired) electrons. The number of hydrogen-bond acceptors (Lipinski definition) is 5. The first-order valence-corrected chi connectivity index (χ1v) is 3.99. The third kappa shape index (κ3) is 1.74. The van der Waals surface area contributed by atoms with Gasteiger partial charge in [0, 0.05) is 6.07 Å². The van der Waals surface area contributed by atoms with Gasteiger partial charge in [-0.1, -0.05) is 0 Å². The van der Waals surface area contributed by atoms with Gasteiger partial charge in [0.05, 0.1) is 19.9 Å². The van der Waals surface area contributed by atoms with Crippen LogP contribution in [0.5, 0.6) is 17.2 Å². The van der Waals surface area contributed by atoms with Gasteiger partial charge >= 0.3 is 5.97 Å². The number of ether oxygens (including phenoxy) is 2. The first-order chi connectivity index (χ1) is 7.02. The van der Waals surface area contributed by atoms with Crippen LogP contribution < -0.4 is 15.2 Å². The van der Waals surface area contributed by atoms with E-state index >= 15 is 0 Å². The van der Waals surface area contributed by atoms with Gasteiger partial charge in [-0.2, -0.15) is 0 Å². The number of benzene rings is 1. The molecule has 0 saturated carbocycles. The Labute approximate surface area is 85.8 Å². The molecule has 1 aromatic carbocycles. The first kappa shape index (κ1) is 11.0. The summed E-state index contributed by atoms with van der Waals surface area (Å²) in [5, 5.41) is 18.3. The van der Waals surface area contributed by atoms with Gasteiger partial charge in [-0.3, -0.25) is 0 Å². The van der Waals surface area contributed by atoms with Crippen LogP contribution >= 0.6 is 0 Å². The van der Waals surface area contributed by atoms with E-state index in [1.165, 1.54) is 20.3 Å². The second-order valence-corrected chi connectivity index (χ2v) is 2.73. The van der Waals surface area contributed by atoms with Crippen LogP contribution in [-0.2, 0) is 0 Å². The van der Waals surface area contributed by atoms with Crippen molar-refractivity contribution in [2.24, 2.45) is 0 Å². The summed E-state index contributed by atoms with van der Waals surface area (Å²) in [5.74, 6) is -1.77. The number of carboxylic acids is 1. The van der Waals surface area contributed by atoms with Crippen LogP contribution in [0.15, 0.2) is 6.07 Å². The highest BCUT2D eigenvalue weighted by molar-refractivity contribution is 5.97. The molecular formula is C9H11NO5. The van der Waals surface area contributed by atoms with Crippen molar-refractivity contribution in [3.05, 3.63) is 11.6 Å². The van der Waals surface area contributed by atoms with Gasteiger partial charge in [0.15, 0.2) is 17.2 Å². The predicted molar refractivity (Wildman–Crippen MR) is 52.6 cm³/mol. The maximum absolute atomic E-state index is 10.9. The summed E-state index contributed by atoms with van der Waals surface area (Å²) in [6, 6.07) is 1.29. The monoisotopic (exact) mass is 213 g/mol. The molecule has 0 amide bonds. The Bertz CT molecular complexity index is 402. The third-order valence-electron chi connectivity index (χ3n) is 1.89. The molecule has 0 aliphatic carbocycles. The van der Waals surface area contributed by atoms with Gasteiger partial charge in [0.25, 0.3) is 0 Å². The van der Waals surface area contributed by atoms with Crippen LogP contribution in [-0.4, -0.2) is 30.4 Å². The van der Waals surface area contributed by atoms with Gasteiger partial charge in [0.1, 0.15) is 5.56 Å². The minimum atomic E-state index is -1.34.